The van der Waals surface area contributed by atoms with Crippen LogP contribution in [0.2, 0.25) is 0 Å². The van der Waals surface area contributed by atoms with E-state index in [1.165, 1.54) is 12.1 Å². The molecular formula is C16H19F3N2O3. The van der Waals surface area contributed by atoms with Crippen LogP contribution >= 0.6 is 0 Å². The molecule has 1 N–H and O–H groups in total. The Balaban J connectivity index is 2.01. The largest absolute Gasteiger partial charge is 0.456 e. The lowest BCUT2D eigenvalue weighted by molar-refractivity contribution is -0.313. The SMILES string of the molecule is CCC1CCC2=NN(C(=O)c3ccc(C)o3)C(O)(C(F)(F)F)C2C1. The van der Waals surface area contributed by atoms with Gasteiger partial charge in [0.25, 0.3) is 5.72 Å². The van der Waals surface area contributed by atoms with Gasteiger partial charge in [0.1, 0.15) is 5.76 Å². The van der Waals surface area contributed by atoms with Gasteiger partial charge in [-0.1, -0.05) is 13.3 Å². The van der Waals surface area contributed by atoms with Crippen molar-refractivity contribution in [1.82, 2.24) is 5.01 Å². The number of carbonyl (C=O) groups is 1. The molecule has 0 aromatic carbocycles. The van der Waals surface area contributed by atoms with Gasteiger partial charge in [0, 0.05) is 5.71 Å². The van der Waals surface area contributed by atoms with E-state index in [2.05, 4.69) is 5.10 Å². The quantitative estimate of drug-likeness (QED) is 0.893. The topological polar surface area (TPSA) is 66.0 Å². The first kappa shape index (κ1) is 17.0. The van der Waals surface area contributed by atoms with Crippen LogP contribution in [0.3, 0.4) is 0 Å². The number of carbonyl (C=O) groups excluding carboxylic acids is 1. The van der Waals surface area contributed by atoms with Gasteiger partial charge in [-0.3, -0.25) is 4.79 Å². The van der Waals surface area contributed by atoms with E-state index in [1.807, 2.05) is 6.92 Å². The summed E-state index contributed by atoms with van der Waals surface area (Å²) in [6.45, 7) is 3.48. The summed E-state index contributed by atoms with van der Waals surface area (Å²) in [7, 11) is 0. The third-order valence-electron chi connectivity index (χ3n) is 4.96. The number of hydrazone groups is 1. The van der Waals surface area contributed by atoms with Crippen molar-refractivity contribution >= 4 is 11.6 Å². The van der Waals surface area contributed by atoms with Crippen molar-refractivity contribution in [3.63, 3.8) is 0 Å². The van der Waals surface area contributed by atoms with E-state index in [4.69, 9.17) is 4.42 Å². The van der Waals surface area contributed by atoms with Crippen LogP contribution < -0.4 is 0 Å². The highest BCUT2D eigenvalue weighted by Gasteiger charge is 2.69. The average molecular weight is 344 g/mol. The minimum atomic E-state index is -5.02. The molecule has 1 amide bonds. The van der Waals surface area contributed by atoms with Crippen LogP contribution in [0.5, 0.6) is 0 Å². The van der Waals surface area contributed by atoms with Gasteiger partial charge in [-0.05, 0) is 44.2 Å². The predicted octanol–water partition coefficient (Wildman–Crippen LogP) is 3.48. The van der Waals surface area contributed by atoms with E-state index >= 15 is 0 Å². The van der Waals surface area contributed by atoms with Gasteiger partial charge in [-0.2, -0.15) is 23.3 Å². The summed E-state index contributed by atoms with van der Waals surface area (Å²) in [5.74, 6) is -2.12. The third kappa shape index (κ3) is 2.44. The number of hydrogen-bond acceptors (Lipinski definition) is 4. The Hall–Kier alpha value is -1.83. The normalized spacial score (nSPS) is 30.2. The maximum absolute atomic E-state index is 13.7. The number of furan rings is 1. The van der Waals surface area contributed by atoms with Gasteiger partial charge in [-0.15, -0.1) is 0 Å². The van der Waals surface area contributed by atoms with Crippen molar-refractivity contribution < 1.29 is 27.5 Å². The number of alkyl halides is 3. The van der Waals surface area contributed by atoms with Crippen molar-refractivity contribution in [2.75, 3.05) is 0 Å². The second kappa shape index (κ2) is 5.61. The summed E-state index contributed by atoms with van der Waals surface area (Å²) in [5, 5.41) is 14.6. The Labute approximate surface area is 137 Å². The van der Waals surface area contributed by atoms with Crippen molar-refractivity contribution in [1.29, 1.82) is 0 Å². The molecule has 1 fully saturated rings. The molecular weight excluding hydrogens is 325 g/mol. The lowest BCUT2D eigenvalue weighted by atomic mass is 9.74. The molecule has 24 heavy (non-hydrogen) atoms. The van der Waals surface area contributed by atoms with E-state index in [0.717, 1.165) is 6.42 Å². The Morgan fingerprint density at radius 3 is 2.75 bits per heavy atom. The van der Waals surface area contributed by atoms with Crippen molar-refractivity contribution in [2.24, 2.45) is 16.9 Å². The van der Waals surface area contributed by atoms with Crippen molar-refractivity contribution in [3.05, 3.63) is 23.7 Å². The zero-order valence-corrected chi connectivity index (χ0v) is 13.4. The van der Waals surface area contributed by atoms with Gasteiger partial charge in [-0.25, -0.2) is 0 Å². The number of nitrogens with zero attached hydrogens (tertiary/aromatic N) is 2. The average Bonchev–Trinajstić information content (AvgIpc) is 3.08. The molecule has 1 aromatic heterocycles. The van der Waals surface area contributed by atoms with Crippen molar-refractivity contribution in [2.45, 2.75) is 51.4 Å². The molecule has 3 unspecified atom stereocenters. The molecule has 3 atom stereocenters. The number of halogens is 3. The first-order valence-corrected chi connectivity index (χ1v) is 7.96. The molecule has 2 heterocycles. The molecule has 1 aliphatic heterocycles. The summed E-state index contributed by atoms with van der Waals surface area (Å²) in [6, 6.07) is 2.76. The van der Waals surface area contributed by atoms with Crippen molar-refractivity contribution in [3.8, 4) is 0 Å². The Kier molecular flexibility index (Phi) is 3.98. The molecule has 0 saturated heterocycles. The molecule has 1 aliphatic carbocycles. The van der Waals surface area contributed by atoms with Crippen LogP contribution in [0.25, 0.3) is 0 Å². The maximum Gasteiger partial charge on any atom is 0.439 e. The number of aryl methyl sites for hydroxylation is 1. The molecule has 132 valence electrons. The van der Waals surface area contributed by atoms with E-state index in [9.17, 15) is 23.1 Å². The molecule has 3 rings (SSSR count). The second-order valence-corrected chi connectivity index (χ2v) is 6.44. The lowest BCUT2D eigenvalue weighted by Gasteiger charge is -2.39. The van der Waals surface area contributed by atoms with E-state index < -0.39 is 23.7 Å². The van der Waals surface area contributed by atoms with Crippen LogP contribution in [0.15, 0.2) is 21.7 Å². The Bertz CT molecular complexity index is 682. The zero-order chi connectivity index (χ0) is 17.7. The molecule has 5 nitrogen and oxygen atoms in total. The third-order valence-corrected chi connectivity index (χ3v) is 4.96. The summed E-state index contributed by atoms with van der Waals surface area (Å²) in [4.78, 5) is 12.5. The number of hydrogen-bond donors (Lipinski definition) is 1. The van der Waals surface area contributed by atoms with Crippen LogP contribution in [0.1, 0.15) is 48.9 Å². The summed E-state index contributed by atoms with van der Waals surface area (Å²) >= 11 is 0. The predicted molar refractivity (Wildman–Crippen MR) is 79.2 cm³/mol. The molecule has 1 aromatic rings. The molecule has 2 aliphatic rings. The molecule has 0 spiro atoms. The highest BCUT2D eigenvalue weighted by Crippen LogP contribution is 2.50. The highest BCUT2D eigenvalue weighted by atomic mass is 19.4. The maximum atomic E-state index is 13.7. The highest BCUT2D eigenvalue weighted by molar-refractivity contribution is 5.98. The van der Waals surface area contributed by atoms with Gasteiger partial charge >= 0.3 is 12.1 Å². The number of fused-ring (bicyclic) bond motifs is 1. The van der Waals surface area contributed by atoms with Gasteiger partial charge in [0.2, 0.25) is 0 Å². The summed E-state index contributed by atoms with van der Waals surface area (Å²) < 4.78 is 46.3. The van der Waals surface area contributed by atoms with Crippen LogP contribution in [0, 0.1) is 18.8 Å². The van der Waals surface area contributed by atoms with E-state index in [1.54, 1.807) is 6.92 Å². The van der Waals surface area contributed by atoms with E-state index in [0.29, 0.717) is 18.6 Å². The van der Waals surface area contributed by atoms with Crippen LogP contribution in [-0.2, 0) is 0 Å². The first-order valence-electron chi connectivity index (χ1n) is 7.96. The second-order valence-electron chi connectivity index (χ2n) is 6.44. The number of amides is 1. The molecule has 0 bridgehead atoms. The standard InChI is InChI=1S/C16H19F3N2O3/c1-3-10-5-6-12-11(8-10)15(23,16(17,18)19)21(20-12)14(22)13-7-4-9(2)24-13/h4,7,10-11,23H,3,5-6,8H2,1-2H3. The minimum absolute atomic E-state index is 0.0729. The summed E-state index contributed by atoms with van der Waals surface area (Å²) in [6.07, 6.45) is -3.07. The van der Waals surface area contributed by atoms with Gasteiger partial charge in [0.05, 0.1) is 5.92 Å². The Morgan fingerprint density at radius 2 is 2.21 bits per heavy atom. The number of rotatable bonds is 2. The molecule has 0 radical (unpaired) electrons. The fourth-order valence-electron chi connectivity index (χ4n) is 3.52. The molecule has 1 saturated carbocycles. The first-order chi connectivity index (χ1) is 11.2. The van der Waals surface area contributed by atoms with Crippen LogP contribution in [-0.4, -0.2) is 33.6 Å². The number of aliphatic hydroxyl groups is 1. The van der Waals surface area contributed by atoms with Crippen LogP contribution in [0.4, 0.5) is 13.2 Å². The summed E-state index contributed by atoms with van der Waals surface area (Å²) in [5.41, 5.74) is -3.09. The lowest BCUT2D eigenvalue weighted by Crippen LogP contribution is -2.61. The minimum Gasteiger partial charge on any atom is -0.456 e. The monoisotopic (exact) mass is 344 g/mol. The van der Waals surface area contributed by atoms with E-state index in [-0.39, 0.29) is 28.8 Å². The fourth-order valence-corrected chi connectivity index (χ4v) is 3.52. The fraction of sp³-hybridized carbons (Fsp3) is 0.625. The smallest absolute Gasteiger partial charge is 0.439 e. The van der Waals surface area contributed by atoms with Gasteiger partial charge in [0.15, 0.2) is 5.76 Å². The molecule has 8 heteroatoms. The zero-order valence-electron chi connectivity index (χ0n) is 13.4. The van der Waals surface area contributed by atoms with Gasteiger partial charge < -0.3 is 9.52 Å². The Morgan fingerprint density at radius 1 is 1.50 bits per heavy atom.